The number of rotatable bonds is 5. The predicted octanol–water partition coefficient (Wildman–Crippen LogP) is 3.86. The number of amides is 1. The lowest BCUT2D eigenvalue weighted by Gasteiger charge is -2.34. The van der Waals surface area contributed by atoms with Gasteiger partial charge in [0.05, 0.1) is 11.6 Å². The van der Waals surface area contributed by atoms with Crippen LogP contribution in [0.4, 0.5) is 5.82 Å². The zero-order valence-corrected chi connectivity index (χ0v) is 21.0. The lowest BCUT2D eigenvalue weighted by Crippen LogP contribution is -2.42. The van der Waals surface area contributed by atoms with Gasteiger partial charge < -0.3 is 10.2 Å². The molecule has 184 valence electrons. The minimum atomic E-state index is -0.350. The van der Waals surface area contributed by atoms with Crippen LogP contribution in [0.5, 0.6) is 0 Å². The quantitative estimate of drug-likeness (QED) is 0.413. The van der Waals surface area contributed by atoms with Crippen molar-refractivity contribution in [1.82, 2.24) is 19.5 Å². The molecule has 2 aliphatic rings. The Morgan fingerprint density at radius 3 is 2.59 bits per heavy atom. The highest BCUT2D eigenvalue weighted by atomic mass is 35.5. The molecule has 1 saturated heterocycles. The topological polar surface area (TPSA) is 79.6 Å². The average Bonchev–Trinajstić information content (AvgIpc) is 3.47. The standard InChI is InChI=1S/C28H25BClN5O2/c29-22-16-32-35-26(14-24(33-27(22)35)20-7-3-4-8-23(20)30)31-15-17-9-11-34(12-10-17)28(37)21-13-25(36)19-6-2-1-5-18(19)21/h1-8,14,16-17,21,31H,9-13,15H2. The third kappa shape index (κ3) is 4.40. The van der Waals surface area contributed by atoms with E-state index in [1.54, 1.807) is 10.7 Å². The number of ketones is 1. The lowest BCUT2D eigenvalue weighted by molar-refractivity contribution is -0.134. The molecule has 37 heavy (non-hydrogen) atoms. The molecule has 1 atom stereocenters. The Morgan fingerprint density at radius 1 is 1.08 bits per heavy atom. The van der Waals surface area contributed by atoms with E-state index in [2.05, 4.69) is 10.4 Å². The van der Waals surface area contributed by atoms with Crippen molar-refractivity contribution in [3.05, 3.63) is 76.9 Å². The van der Waals surface area contributed by atoms with Gasteiger partial charge in [0, 0.05) is 54.5 Å². The first kappa shape index (κ1) is 23.7. The highest BCUT2D eigenvalue weighted by Crippen LogP contribution is 2.35. The van der Waals surface area contributed by atoms with Crippen LogP contribution in [0.15, 0.2) is 60.8 Å². The first-order valence-electron chi connectivity index (χ1n) is 12.5. The van der Waals surface area contributed by atoms with Crippen LogP contribution in [0.3, 0.4) is 0 Å². The van der Waals surface area contributed by atoms with Crippen LogP contribution in [-0.4, -0.2) is 58.7 Å². The number of fused-ring (bicyclic) bond motifs is 2. The Bertz CT molecular complexity index is 1510. The summed E-state index contributed by atoms with van der Waals surface area (Å²) in [5.74, 6) is 0.957. The fraction of sp³-hybridized carbons (Fsp3) is 0.286. The van der Waals surface area contributed by atoms with Crippen molar-refractivity contribution in [2.24, 2.45) is 5.92 Å². The fourth-order valence-corrected chi connectivity index (χ4v) is 5.65. The van der Waals surface area contributed by atoms with Gasteiger partial charge in [-0.15, -0.1) is 0 Å². The van der Waals surface area contributed by atoms with Crippen LogP contribution in [0.25, 0.3) is 16.9 Å². The van der Waals surface area contributed by atoms with Gasteiger partial charge in [-0.1, -0.05) is 54.1 Å². The van der Waals surface area contributed by atoms with E-state index in [9.17, 15) is 9.59 Å². The van der Waals surface area contributed by atoms with E-state index in [1.165, 1.54) is 0 Å². The van der Waals surface area contributed by atoms with E-state index < -0.39 is 0 Å². The van der Waals surface area contributed by atoms with Crippen LogP contribution in [0, 0.1) is 5.92 Å². The first-order valence-corrected chi connectivity index (χ1v) is 12.9. The van der Waals surface area contributed by atoms with Gasteiger partial charge in [-0.2, -0.15) is 9.61 Å². The number of piperidine rings is 1. The van der Waals surface area contributed by atoms with Crippen molar-refractivity contribution in [2.45, 2.75) is 25.2 Å². The number of nitrogens with one attached hydrogen (secondary N) is 1. The maximum Gasteiger partial charge on any atom is 0.230 e. The number of benzene rings is 2. The minimum absolute atomic E-state index is 0.0621. The van der Waals surface area contributed by atoms with Crippen molar-refractivity contribution in [2.75, 3.05) is 25.0 Å². The molecule has 1 unspecified atom stereocenters. The Balaban J connectivity index is 1.13. The van der Waals surface area contributed by atoms with Gasteiger partial charge in [0.1, 0.15) is 13.7 Å². The Labute approximate surface area is 221 Å². The summed E-state index contributed by atoms with van der Waals surface area (Å²) in [6.45, 7) is 2.10. The SMILES string of the molecule is [B]c1cnn2c(NCC3CCN(C(=O)C4CC(=O)c5ccccc54)CC3)cc(-c3ccccc3Cl)nc12. The summed E-state index contributed by atoms with van der Waals surface area (Å²) in [5, 5.41) is 8.55. The third-order valence-corrected chi connectivity index (χ3v) is 7.80. The normalized spacial score (nSPS) is 17.8. The number of carbonyl (C=O) groups excluding carboxylic acids is 2. The molecule has 1 aliphatic heterocycles. The minimum Gasteiger partial charge on any atom is -0.370 e. The van der Waals surface area contributed by atoms with Gasteiger partial charge in [0.2, 0.25) is 5.91 Å². The zero-order chi connectivity index (χ0) is 25.5. The fourth-order valence-electron chi connectivity index (χ4n) is 5.42. The summed E-state index contributed by atoms with van der Waals surface area (Å²) >= 11 is 6.43. The van der Waals surface area contributed by atoms with Gasteiger partial charge in [0.25, 0.3) is 0 Å². The second-order valence-corrected chi connectivity index (χ2v) is 10.2. The molecule has 1 N–H and O–H groups in total. The molecule has 7 nitrogen and oxygen atoms in total. The monoisotopic (exact) mass is 509 g/mol. The van der Waals surface area contributed by atoms with Crippen LogP contribution < -0.4 is 10.8 Å². The molecule has 1 fully saturated rings. The largest absolute Gasteiger partial charge is 0.370 e. The van der Waals surface area contributed by atoms with Gasteiger partial charge in [-0.25, -0.2) is 4.98 Å². The number of carbonyl (C=O) groups is 2. The number of nitrogens with zero attached hydrogens (tertiary/aromatic N) is 4. The van der Waals surface area contributed by atoms with Gasteiger partial charge >= 0.3 is 0 Å². The molecule has 0 bridgehead atoms. The highest BCUT2D eigenvalue weighted by Gasteiger charge is 2.37. The maximum atomic E-state index is 13.3. The third-order valence-electron chi connectivity index (χ3n) is 7.47. The molecule has 2 aromatic carbocycles. The molecule has 2 aromatic heterocycles. The molecular formula is C28H25BClN5O2. The Morgan fingerprint density at radius 2 is 1.81 bits per heavy atom. The average molecular weight is 510 g/mol. The van der Waals surface area contributed by atoms with Crippen LogP contribution in [-0.2, 0) is 4.79 Å². The van der Waals surface area contributed by atoms with Crippen molar-refractivity contribution in [1.29, 1.82) is 0 Å². The summed E-state index contributed by atoms with van der Waals surface area (Å²) < 4.78 is 1.71. The van der Waals surface area contributed by atoms with E-state index in [1.807, 2.05) is 59.5 Å². The molecule has 1 aliphatic carbocycles. The maximum absolute atomic E-state index is 13.3. The number of aromatic nitrogens is 3. The molecule has 3 heterocycles. The molecule has 0 spiro atoms. The summed E-state index contributed by atoms with van der Waals surface area (Å²) in [7, 11) is 6.14. The van der Waals surface area contributed by atoms with E-state index in [0.717, 1.165) is 42.0 Å². The highest BCUT2D eigenvalue weighted by molar-refractivity contribution is 6.36. The second-order valence-electron chi connectivity index (χ2n) is 9.76. The van der Waals surface area contributed by atoms with E-state index >= 15 is 0 Å². The van der Waals surface area contributed by atoms with Gasteiger partial charge in [-0.3, -0.25) is 9.59 Å². The number of anilines is 1. The lowest BCUT2D eigenvalue weighted by atomic mass is 9.94. The van der Waals surface area contributed by atoms with Gasteiger partial charge in [-0.05, 0) is 35.9 Å². The van der Waals surface area contributed by atoms with Crippen LogP contribution in [0.1, 0.15) is 41.1 Å². The van der Waals surface area contributed by atoms with Crippen LogP contribution >= 0.6 is 11.6 Å². The van der Waals surface area contributed by atoms with Crippen LogP contribution in [0.2, 0.25) is 5.02 Å². The number of halogens is 1. The number of hydrogen-bond acceptors (Lipinski definition) is 5. The molecule has 2 radical (unpaired) electrons. The summed E-state index contributed by atoms with van der Waals surface area (Å²) in [4.78, 5) is 32.2. The molecule has 9 heteroatoms. The Kier molecular flexibility index (Phi) is 6.20. The van der Waals surface area contributed by atoms with Crippen molar-refractivity contribution in [3.8, 4) is 11.3 Å². The summed E-state index contributed by atoms with van der Waals surface area (Å²) in [5.41, 5.74) is 4.19. The summed E-state index contributed by atoms with van der Waals surface area (Å²) in [6, 6.07) is 17.0. The van der Waals surface area contributed by atoms with E-state index in [4.69, 9.17) is 24.4 Å². The molecule has 4 aromatic rings. The summed E-state index contributed by atoms with van der Waals surface area (Å²) in [6.07, 6.45) is 3.64. The zero-order valence-electron chi connectivity index (χ0n) is 20.2. The molecule has 1 amide bonds. The number of likely N-dealkylation sites (tertiary alicyclic amines) is 1. The van der Waals surface area contributed by atoms with E-state index in [0.29, 0.717) is 40.7 Å². The smallest absolute Gasteiger partial charge is 0.230 e. The Hall–Kier alpha value is -3.65. The number of Topliss-reactive ketones (excluding diaryl/α,β-unsaturated/α-hetero) is 1. The van der Waals surface area contributed by atoms with Crippen molar-refractivity contribution >= 4 is 48.1 Å². The number of hydrogen-bond donors (Lipinski definition) is 1. The van der Waals surface area contributed by atoms with Crippen molar-refractivity contribution in [3.63, 3.8) is 0 Å². The molecular weight excluding hydrogens is 485 g/mol. The predicted molar refractivity (Wildman–Crippen MR) is 145 cm³/mol. The second kappa shape index (κ2) is 9.67. The molecule has 0 saturated carbocycles. The first-order chi connectivity index (χ1) is 18.0. The van der Waals surface area contributed by atoms with Crippen molar-refractivity contribution < 1.29 is 9.59 Å². The van der Waals surface area contributed by atoms with Gasteiger partial charge in [0.15, 0.2) is 11.4 Å². The van der Waals surface area contributed by atoms with E-state index in [-0.39, 0.29) is 24.0 Å². The molecule has 6 rings (SSSR count).